The van der Waals surface area contributed by atoms with E-state index in [1.807, 2.05) is 0 Å². The van der Waals surface area contributed by atoms with Crippen molar-refractivity contribution in [3.05, 3.63) is 76.2 Å². The normalized spacial score (nSPS) is 22.6. The Balaban J connectivity index is 1.40. The van der Waals surface area contributed by atoms with Gasteiger partial charge >= 0.3 is 5.97 Å². The molecule has 5 rings (SSSR count). The third-order valence-corrected chi connectivity index (χ3v) is 8.10. The molecule has 3 amide bonds. The van der Waals surface area contributed by atoms with Crippen molar-refractivity contribution in [2.45, 2.75) is 42.1 Å². The number of carboxylic acids is 1. The predicted octanol–water partition coefficient (Wildman–Crippen LogP) is 1.03. The third-order valence-electron chi connectivity index (χ3n) is 6.53. The summed E-state index contributed by atoms with van der Waals surface area (Å²) in [6.45, 7) is 3.48. The Hall–Kier alpha value is -4.19. The fourth-order valence-electron chi connectivity index (χ4n) is 4.75. The number of pyridine rings is 2. The number of amides is 3. The van der Waals surface area contributed by atoms with E-state index in [1.54, 1.807) is 56.3 Å². The highest BCUT2D eigenvalue weighted by Crippen LogP contribution is 2.50. The molecule has 190 valence electrons. The standard InChI is InChI=1S/C25H23N5O6S/c1-25(2)19(24(35)36)30-22(34)17(23(30)37-25)29-21(33)15(12-7-4-3-5-8-12)28-20(32)13-11-27-14-9-6-10-26-16(14)18(13)31/h3-11,15,17,19,23H,1-2H3,(H,27,31)(H,28,32)(H,29,33)(H,35,36)/t15-,17?,19+,23?/m1/s1. The minimum absolute atomic E-state index is 0.0878. The Bertz CT molecular complexity index is 1490. The van der Waals surface area contributed by atoms with Crippen LogP contribution in [0.1, 0.15) is 35.8 Å². The number of aromatic amines is 1. The molecule has 2 fully saturated rings. The number of hydrogen-bond donors (Lipinski definition) is 4. The highest BCUT2D eigenvalue weighted by molar-refractivity contribution is 8.01. The molecule has 4 heterocycles. The van der Waals surface area contributed by atoms with Gasteiger partial charge in [-0.1, -0.05) is 30.3 Å². The quantitative estimate of drug-likeness (QED) is 0.350. The van der Waals surface area contributed by atoms with Gasteiger partial charge in [0.1, 0.15) is 34.6 Å². The monoisotopic (exact) mass is 521 g/mol. The molecule has 11 nitrogen and oxygen atoms in total. The molecule has 3 aromatic rings. The summed E-state index contributed by atoms with van der Waals surface area (Å²) in [7, 11) is 0. The molecule has 0 spiro atoms. The summed E-state index contributed by atoms with van der Waals surface area (Å²) in [6.07, 6.45) is 2.70. The number of aliphatic carboxylic acids is 1. The summed E-state index contributed by atoms with van der Waals surface area (Å²) < 4.78 is -0.746. The molecule has 12 heteroatoms. The summed E-state index contributed by atoms with van der Waals surface area (Å²) in [5.41, 5.74) is 0.183. The molecule has 2 unspecified atom stereocenters. The number of thioether (sulfide) groups is 1. The molecule has 1 aromatic carbocycles. The molecule has 0 aliphatic carbocycles. The second-order valence-electron chi connectivity index (χ2n) is 9.33. The number of hydrogen-bond acceptors (Lipinski definition) is 7. The third kappa shape index (κ3) is 4.12. The predicted molar refractivity (Wildman–Crippen MR) is 135 cm³/mol. The van der Waals surface area contributed by atoms with Gasteiger partial charge in [0, 0.05) is 17.1 Å². The first-order chi connectivity index (χ1) is 17.6. The molecule has 2 aliphatic heterocycles. The van der Waals surface area contributed by atoms with E-state index in [2.05, 4.69) is 20.6 Å². The largest absolute Gasteiger partial charge is 0.480 e. The van der Waals surface area contributed by atoms with Crippen molar-refractivity contribution in [2.75, 3.05) is 0 Å². The van der Waals surface area contributed by atoms with E-state index >= 15 is 0 Å². The molecule has 4 N–H and O–H groups in total. The molecule has 2 saturated heterocycles. The van der Waals surface area contributed by atoms with E-state index < -0.39 is 57.4 Å². The van der Waals surface area contributed by atoms with E-state index in [0.29, 0.717) is 11.1 Å². The van der Waals surface area contributed by atoms with Crippen molar-refractivity contribution in [3.8, 4) is 0 Å². The van der Waals surface area contributed by atoms with Gasteiger partial charge in [0.2, 0.25) is 17.2 Å². The van der Waals surface area contributed by atoms with Crippen molar-refractivity contribution in [3.63, 3.8) is 0 Å². The molecular weight excluding hydrogens is 498 g/mol. The zero-order chi connectivity index (χ0) is 26.5. The number of carbonyl (C=O) groups is 4. The van der Waals surface area contributed by atoms with Gasteiger partial charge in [-0.2, -0.15) is 0 Å². The van der Waals surface area contributed by atoms with Crippen LogP contribution in [0.25, 0.3) is 11.0 Å². The Morgan fingerprint density at radius 2 is 1.86 bits per heavy atom. The smallest absolute Gasteiger partial charge is 0.327 e. The minimum atomic E-state index is -1.22. The second-order valence-corrected chi connectivity index (χ2v) is 11.1. The van der Waals surface area contributed by atoms with Gasteiger partial charge in [-0.25, -0.2) is 4.79 Å². The van der Waals surface area contributed by atoms with Gasteiger partial charge in [0.15, 0.2) is 0 Å². The van der Waals surface area contributed by atoms with Crippen LogP contribution in [-0.4, -0.2) is 65.9 Å². The van der Waals surface area contributed by atoms with Crippen LogP contribution >= 0.6 is 11.8 Å². The number of fused-ring (bicyclic) bond motifs is 2. The fraction of sp³-hybridized carbons (Fsp3) is 0.280. The summed E-state index contributed by atoms with van der Waals surface area (Å²) in [4.78, 5) is 72.2. The number of carbonyl (C=O) groups excluding carboxylic acids is 3. The van der Waals surface area contributed by atoms with Crippen molar-refractivity contribution < 1.29 is 24.3 Å². The van der Waals surface area contributed by atoms with Crippen LogP contribution in [0.5, 0.6) is 0 Å². The first-order valence-electron chi connectivity index (χ1n) is 11.5. The zero-order valence-corrected chi connectivity index (χ0v) is 20.6. The highest BCUT2D eigenvalue weighted by Gasteiger charge is 2.64. The number of rotatable bonds is 6. The molecule has 0 saturated carbocycles. The SMILES string of the molecule is CC1(C)SC2C(NC(=O)[C@H](NC(=O)c3c[nH]c4cccnc4c3=O)c3ccccc3)C(=O)N2[C@H]1C(=O)O. The number of aromatic nitrogens is 2. The summed E-state index contributed by atoms with van der Waals surface area (Å²) >= 11 is 1.30. The molecule has 2 aliphatic rings. The second kappa shape index (κ2) is 9.04. The number of carboxylic acid groups (broad SMARTS) is 1. The summed E-state index contributed by atoms with van der Waals surface area (Å²) in [6, 6.07) is 8.54. The van der Waals surface area contributed by atoms with Gasteiger partial charge in [-0.05, 0) is 31.5 Å². The zero-order valence-electron chi connectivity index (χ0n) is 19.8. The van der Waals surface area contributed by atoms with E-state index in [0.717, 1.165) is 0 Å². The van der Waals surface area contributed by atoms with Gasteiger partial charge < -0.3 is 25.6 Å². The van der Waals surface area contributed by atoms with Crippen LogP contribution in [0, 0.1) is 0 Å². The lowest BCUT2D eigenvalue weighted by molar-refractivity contribution is -0.161. The molecule has 0 bridgehead atoms. The van der Waals surface area contributed by atoms with E-state index in [1.165, 1.54) is 29.1 Å². The average Bonchev–Trinajstić information content (AvgIpc) is 3.14. The molecule has 37 heavy (non-hydrogen) atoms. The lowest BCUT2D eigenvalue weighted by Gasteiger charge is -2.44. The minimum Gasteiger partial charge on any atom is -0.480 e. The Kier molecular flexibility index (Phi) is 5.98. The number of H-pyrrole nitrogens is 1. The maximum atomic E-state index is 13.4. The fourth-order valence-corrected chi connectivity index (χ4v) is 6.38. The van der Waals surface area contributed by atoms with Crippen molar-refractivity contribution in [1.29, 1.82) is 0 Å². The van der Waals surface area contributed by atoms with Crippen LogP contribution in [0.15, 0.2) is 59.7 Å². The molecule has 4 atom stereocenters. The van der Waals surface area contributed by atoms with Gasteiger partial charge in [0.05, 0.1) is 5.52 Å². The number of nitrogens with one attached hydrogen (secondary N) is 3. The van der Waals surface area contributed by atoms with Crippen LogP contribution in [0.4, 0.5) is 0 Å². The number of benzene rings is 1. The van der Waals surface area contributed by atoms with Gasteiger partial charge in [-0.15, -0.1) is 11.8 Å². The molecule has 2 aromatic heterocycles. The summed E-state index contributed by atoms with van der Waals surface area (Å²) in [5, 5.41) is 14.3. The maximum Gasteiger partial charge on any atom is 0.327 e. The number of β-lactam (4-membered cyclic amide) rings is 1. The van der Waals surface area contributed by atoms with Crippen molar-refractivity contribution >= 4 is 46.5 Å². The number of nitrogens with zero attached hydrogens (tertiary/aromatic N) is 2. The van der Waals surface area contributed by atoms with E-state index in [-0.39, 0.29) is 11.1 Å². The van der Waals surface area contributed by atoms with Crippen molar-refractivity contribution in [2.24, 2.45) is 0 Å². The van der Waals surface area contributed by atoms with Gasteiger partial charge in [-0.3, -0.25) is 24.2 Å². The Morgan fingerprint density at radius 3 is 2.57 bits per heavy atom. The molecule has 0 radical (unpaired) electrons. The van der Waals surface area contributed by atoms with E-state index in [4.69, 9.17) is 0 Å². The first kappa shape index (κ1) is 24.5. The van der Waals surface area contributed by atoms with Crippen LogP contribution in [-0.2, 0) is 14.4 Å². The average molecular weight is 522 g/mol. The van der Waals surface area contributed by atoms with Gasteiger partial charge in [0.25, 0.3) is 5.91 Å². The first-order valence-corrected chi connectivity index (χ1v) is 12.3. The maximum absolute atomic E-state index is 13.4. The summed E-state index contributed by atoms with van der Waals surface area (Å²) in [5.74, 6) is -3.06. The topological polar surface area (TPSA) is 162 Å². The Labute approximate surface area is 214 Å². The lowest BCUT2D eigenvalue weighted by atomic mass is 9.95. The Morgan fingerprint density at radius 1 is 1.14 bits per heavy atom. The van der Waals surface area contributed by atoms with Crippen molar-refractivity contribution in [1.82, 2.24) is 25.5 Å². The van der Waals surface area contributed by atoms with Crippen LogP contribution < -0.4 is 16.1 Å². The molecular formula is C25H23N5O6S. The van der Waals surface area contributed by atoms with Crippen LogP contribution in [0.3, 0.4) is 0 Å². The highest BCUT2D eigenvalue weighted by atomic mass is 32.2. The lowest BCUT2D eigenvalue weighted by Crippen LogP contribution is -2.71. The van der Waals surface area contributed by atoms with E-state index in [9.17, 15) is 29.1 Å². The van der Waals surface area contributed by atoms with Crippen LogP contribution in [0.2, 0.25) is 0 Å².